The van der Waals surface area contributed by atoms with Crippen molar-refractivity contribution in [3.63, 3.8) is 0 Å². The van der Waals surface area contributed by atoms with E-state index >= 15 is 0 Å². The van der Waals surface area contributed by atoms with E-state index in [1.165, 1.54) is 22.9 Å². The molecule has 3 aromatic rings. The van der Waals surface area contributed by atoms with Gasteiger partial charge in [-0.2, -0.15) is 0 Å². The van der Waals surface area contributed by atoms with Crippen LogP contribution in [-0.2, 0) is 13.1 Å². The Morgan fingerprint density at radius 1 is 1.00 bits per heavy atom. The van der Waals surface area contributed by atoms with Gasteiger partial charge in [0.05, 0.1) is 6.04 Å². The molecule has 1 aromatic heterocycles. The van der Waals surface area contributed by atoms with E-state index in [0.717, 1.165) is 19.5 Å². The van der Waals surface area contributed by atoms with Gasteiger partial charge in [-0.3, -0.25) is 4.90 Å². The molecule has 1 atom stereocenters. The number of hydrogen-bond donors (Lipinski definition) is 0. The molecule has 0 amide bonds. The summed E-state index contributed by atoms with van der Waals surface area (Å²) >= 11 is 0. The molecule has 1 aliphatic rings. The van der Waals surface area contributed by atoms with Crippen molar-refractivity contribution in [3.8, 4) is 0 Å². The molecule has 0 saturated carbocycles. The highest BCUT2D eigenvalue weighted by molar-refractivity contribution is 5.33. The molecule has 134 valence electrons. The molecular weight excluding hydrogens is 330 g/mol. The van der Waals surface area contributed by atoms with Crippen LogP contribution >= 0.6 is 0 Å². The van der Waals surface area contributed by atoms with E-state index in [0.29, 0.717) is 12.1 Å². The van der Waals surface area contributed by atoms with Gasteiger partial charge in [-0.15, -0.1) is 0 Å². The predicted molar refractivity (Wildman–Crippen MR) is 98.8 cm³/mol. The molecule has 0 fully saturated rings. The fourth-order valence-electron chi connectivity index (χ4n) is 3.92. The highest BCUT2D eigenvalue weighted by atomic mass is 19.2. The van der Waals surface area contributed by atoms with Crippen molar-refractivity contribution in [1.29, 1.82) is 0 Å². The Labute approximate surface area is 152 Å². The van der Waals surface area contributed by atoms with Crippen molar-refractivity contribution in [3.05, 3.63) is 94.8 Å². The zero-order valence-corrected chi connectivity index (χ0v) is 14.8. The van der Waals surface area contributed by atoms with Gasteiger partial charge < -0.3 is 4.57 Å². The average molecular weight is 352 g/mol. The van der Waals surface area contributed by atoms with Crippen LogP contribution < -0.4 is 0 Å². The van der Waals surface area contributed by atoms with E-state index in [1.807, 2.05) is 0 Å². The maximum atomic E-state index is 14.3. The number of aryl methyl sites for hydroxylation is 2. The lowest BCUT2D eigenvalue weighted by atomic mass is 9.99. The van der Waals surface area contributed by atoms with Gasteiger partial charge in [-0.1, -0.05) is 42.0 Å². The summed E-state index contributed by atoms with van der Waals surface area (Å²) in [7, 11) is 0. The van der Waals surface area contributed by atoms with Crippen LogP contribution in [0.15, 0.2) is 60.8 Å². The fourth-order valence-corrected chi connectivity index (χ4v) is 3.92. The molecule has 4 heteroatoms. The van der Waals surface area contributed by atoms with Crippen molar-refractivity contribution in [1.82, 2.24) is 9.47 Å². The SMILES string of the molecule is Cc1cccc(C2c3cccn3CCCN2Cc2cccc(F)c2F)c1. The predicted octanol–water partition coefficient (Wildman–Crippen LogP) is 5.07. The van der Waals surface area contributed by atoms with Crippen LogP contribution in [-0.4, -0.2) is 16.0 Å². The van der Waals surface area contributed by atoms with E-state index in [9.17, 15) is 8.78 Å². The number of fused-ring (bicyclic) bond motifs is 1. The Morgan fingerprint density at radius 2 is 1.85 bits per heavy atom. The molecule has 0 spiro atoms. The molecule has 1 aliphatic heterocycles. The Balaban J connectivity index is 1.77. The number of aromatic nitrogens is 1. The third kappa shape index (κ3) is 3.17. The lowest BCUT2D eigenvalue weighted by molar-refractivity contribution is 0.216. The maximum Gasteiger partial charge on any atom is 0.163 e. The molecule has 4 rings (SSSR count). The monoisotopic (exact) mass is 352 g/mol. The summed E-state index contributed by atoms with van der Waals surface area (Å²) < 4.78 is 30.2. The van der Waals surface area contributed by atoms with Gasteiger partial charge in [-0.25, -0.2) is 8.78 Å². The molecule has 0 bridgehead atoms. The standard InChI is InChI=1S/C22H22F2N2/c1-16-6-2-7-17(14-16)22-20-10-4-11-25(20)12-5-13-26(22)15-18-8-3-9-19(23)21(18)24/h2-4,6-11,14,22H,5,12-13,15H2,1H3. The second-order valence-corrected chi connectivity index (χ2v) is 6.98. The zero-order chi connectivity index (χ0) is 18.1. The second-order valence-electron chi connectivity index (χ2n) is 6.98. The number of nitrogens with zero attached hydrogens (tertiary/aromatic N) is 2. The molecule has 2 nitrogen and oxygen atoms in total. The van der Waals surface area contributed by atoms with Crippen LogP contribution in [0.5, 0.6) is 0 Å². The lowest BCUT2D eigenvalue weighted by Crippen LogP contribution is -2.30. The van der Waals surface area contributed by atoms with E-state index in [2.05, 4.69) is 59.0 Å². The summed E-state index contributed by atoms with van der Waals surface area (Å²) in [6, 6.07) is 17.1. The van der Waals surface area contributed by atoms with Crippen molar-refractivity contribution in [2.24, 2.45) is 0 Å². The fraction of sp³-hybridized carbons (Fsp3) is 0.273. The first-order valence-corrected chi connectivity index (χ1v) is 9.02. The van der Waals surface area contributed by atoms with Gasteiger partial charge in [-0.05, 0) is 37.1 Å². The first-order chi connectivity index (χ1) is 12.6. The topological polar surface area (TPSA) is 8.17 Å². The average Bonchev–Trinajstić information content (AvgIpc) is 3.00. The van der Waals surface area contributed by atoms with Crippen molar-refractivity contribution in [2.75, 3.05) is 6.54 Å². The molecule has 2 heterocycles. The quantitative estimate of drug-likeness (QED) is 0.639. The summed E-state index contributed by atoms with van der Waals surface area (Å²) in [5.74, 6) is -1.53. The Bertz CT molecular complexity index is 916. The van der Waals surface area contributed by atoms with Crippen LogP contribution in [0.25, 0.3) is 0 Å². The van der Waals surface area contributed by atoms with E-state index in [-0.39, 0.29) is 6.04 Å². The van der Waals surface area contributed by atoms with Crippen LogP contribution in [0, 0.1) is 18.6 Å². The van der Waals surface area contributed by atoms with Crippen LogP contribution in [0.2, 0.25) is 0 Å². The summed E-state index contributed by atoms with van der Waals surface area (Å²) in [5, 5.41) is 0. The highest BCUT2D eigenvalue weighted by Crippen LogP contribution is 2.33. The Kier molecular flexibility index (Phi) is 4.60. The minimum absolute atomic E-state index is 0.0232. The van der Waals surface area contributed by atoms with Gasteiger partial charge in [0, 0.05) is 37.1 Å². The highest BCUT2D eigenvalue weighted by Gasteiger charge is 2.28. The number of benzene rings is 2. The summed E-state index contributed by atoms with van der Waals surface area (Å²) in [4.78, 5) is 2.26. The summed E-state index contributed by atoms with van der Waals surface area (Å²) in [6.45, 7) is 4.23. The smallest absolute Gasteiger partial charge is 0.163 e. The summed E-state index contributed by atoms with van der Waals surface area (Å²) in [6.07, 6.45) is 3.07. The third-order valence-electron chi connectivity index (χ3n) is 5.12. The normalized spacial score (nSPS) is 17.7. The van der Waals surface area contributed by atoms with Gasteiger partial charge in [0.15, 0.2) is 11.6 Å². The Hall–Kier alpha value is -2.46. The molecule has 0 saturated heterocycles. The lowest BCUT2D eigenvalue weighted by Gasteiger charge is -2.31. The number of hydrogen-bond acceptors (Lipinski definition) is 1. The van der Waals surface area contributed by atoms with Crippen molar-refractivity contribution < 1.29 is 8.78 Å². The molecule has 1 unspecified atom stereocenters. The summed E-state index contributed by atoms with van der Waals surface area (Å²) in [5.41, 5.74) is 3.98. The number of halogens is 2. The Morgan fingerprint density at radius 3 is 2.69 bits per heavy atom. The van der Waals surface area contributed by atoms with Gasteiger partial charge in [0.2, 0.25) is 0 Å². The van der Waals surface area contributed by atoms with Gasteiger partial charge in [0.25, 0.3) is 0 Å². The number of rotatable bonds is 3. The van der Waals surface area contributed by atoms with Crippen LogP contribution in [0.4, 0.5) is 8.78 Å². The van der Waals surface area contributed by atoms with Crippen LogP contribution in [0.1, 0.15) is 34.8 Å². The molecule has 2 aromatic carbocycles. The van der Waals surface area contributed by atoms with E-state index < -0.39 is 11.6 Å². The zero-order valence-electron chi connectivity index (χ0n) is 14.8. The third-order valence-corrected chi connectivity index (χ3v) is 5.12. The minimum atomic E-state index is -0.784. The molecule has 0 aliphatic carbocycles. The van der Waals surface area contributed by atoms with Gasteiger partial charge >= 0.3 is 0 Å². The maximum absolute atomic E-state index is 14.3. The van der Waals surface area contributed by atoms with Gasteiger partial charge in [0.1, 0.15) is 0 Å². The largest absolute Gasteiger partial charge is 0.350 e. The molecular formula is C22H22F2N2. The molecule has 26 heavy (non-hydrogen) atoms. The van der Waals surface area contributed by atoms with E-state index in [4.69, 9.17) is 0 Å². The minimum Gasteiger partial charge on any atom is -0.350 e. The van der Waals surface area contributed by atoms with E-state index in [1.54, 1.807) is 12.1 Å². The molecule has 0 radical (unpaired) electrons. The molecule has 0 N–H and O–H groups in total. The first-order valence-electron chi connectivity index (χ1n) is 9.02. The van der Waals surface area contributed by atoms with Crippen molar-refractivity contribution >= 4 is 0 Å². The second kappa shape index (κ2) is 7.04. The first kappa shape index (κ1) is 17.0. The van der Waals surface area contributed by atoms with Crippen LogP contribution in [0.3, 0.4) is 0 Å². The van der Waals surface area contributed by atoms with Crippen molar-refractivity contribution in [2.45, 2.75) is 32.5 Å².